The number of anilines is 1. The van der Waals surface area contributed by atoms with Crippen molar-refractivity contribution in [2.75, 3.05) is 11.9 Å². The van der Waals surface area contributed by atoms with E-state index < -0.39 is 35.9 Å². The molecule has 2 unspecified atom stereocenters. The molecule has 0 radical (unpaired) electrons. The first-order valence-electron chi connectivity index (χ1n) is 8.03. The lowest BCUT2D eigenvalue weighted by molar-refractivity contribution is -0.170. The predicted octanol–water partition coefficient (Wildman–Crippen LogP) is 2.83. The molecule has 7 nitrogen and oxygen atoms in total. The molecule has 0 saturated carbocycles. The van der Waals surface area contributed by atoms with Gasteiger partial charge in [-0.25, -0.2) is 4.79 Å². The number of benzene rings is 1. The molecule has 10 heteroatoms. The molecule has 0 fully saturated rings. The van der Waals surface area contributed by atoms with E-state index in [0.29, 0.717) is 4.90 Å². The van der Waals surface area contributed by atoms with E-state index in [0.717, 1.165) is 7.05 Å². The minimum absolute atomic E-state index is 0.109. The summed E-state index contributed by atoms with van der Waals surface area (Å²) in [5.74, 6) is -7.29. The molecule has 0 bridgehead atoms. The summed E-state index contributed by atoms with van der Waals surface area (Å²) in [5, 5.41) is 19.2. The number of carbonyl (C=O) groups is 3. The van der Waals surface area contributed by atoms with Crippen LogP contribution in [-0.4, -0.2) is 47.0 Å². The van der Waals surface area contributed by atoms with E-state index in [1.807, 2.05) is 0 Å². The van der Waals surface area contributed by atoms with E-state index in [-0.39, 0.29) is 28.2 Å². The fourth-order valence-electron chi connectivity index (χ4n) is 3.23. The normalized spacial score (nSPS) is 19.9. The summed E-state index contributed by atoms with van der Waals surface area (Å²) in [6, 6.07) is 5.16. The van der Waals surface area contributed by atoms with Gasteiger partial charge in [-0.15, -0.1) is 0 Å². The number of alkyl halides is 3. The number of aliphatic imine (C=N–C) groups is 1. The number of amides is 1. The maximum atomic E-state index is 12.7. The largest absolute Gasteiger partial charge is 0.481 e. The molecule has 2 rings (SSSR count). The maximum Gasteiger partial charge on any atom is 0.471 e. The molecular weight excluding hydrogens is 381 g/mol. The number of aliphatic carboxylic acids is 2. The number of nitrogens with zero attached hydrogens (tertiary/aromatic N) is 2. The van der Waals surface area contributed by atoms with Crippen LogP contribution >= 0.6 is 0 Å². The summed E-state index contributed by atoms with van der Waals surface area (Å²) >= 11 is 0. The second-order valence-corrected chi connectivity index (χ2v) is 6.31. The van der Waals surface area contributed by atoms with Gasteiger partial charge in [0.05, 0.1) is 5.57 Å². The van der Waals surface area contributed by atoms with Crippen LogP contribution in [0.25, 0.3) is 0 Å². The lowest BCUT2D eigenvalue weighted by Crippen LogP contribution is -2.38. The first kappa shape index (κ1) is 21.1. The van der Waals surface area contributed by atoms with Crippen molar-refractivity contribution < 1.29 is 37.8 Å². The first-order valence-corrected chi connectivity index (χ1v) is 8.03. The molecule has 0 saturated heterocycles. The number of hydrogen-bond donors (Lipinski definition) is 2. The van der Waals surface area contributed by atoms with Gasteiger partial charge in [0.15, 0.2) is 0 Å². The highest BCUT2D eigenvalue weighted by molar-refractivity contribution is 6.06. The van der Waals surface area contributed by atoms with Gasteiger partial charge in [-0.05, 0) is 31.5 Å². The van der Waals surface area contributed by atoms with Crippen molar-refractivity contribution in [2.45, 2.75) is 25.9 Å². The molecule has 1 aliphatic rings. The standard InChI is InChI=1S/C18H17F3N2O5/c1-8-12(15(24)25)14(13(16(26)27)9(2)22-8)10-5-4-6-11(7-10)23(3)17(28)18(19,20)21/h4-7,12,14H,1-3H3,(H,24,25)(H,26,27). The van der Waals surface area contributed by atoms with Crippen molar-refractivity contribution in [3.8, 4) is 0 Å². The zero-order valence-corrected chi connectivity index (χ0v) is 15.1. The number of halogens is 3. The number of carbonyl (C=O) groups excluding carboxylic acids is 1. The number of allylic oxidation sites excluding steroid dienone is 1. The molecule has 1 aromatic rings. The number of carboxylic acid groups (broad SMARTS) is 2. The van der Waals surface area contributed by atoms with Crippen LogP contribution in [0.1, 0.15) is 25.3 Å². The smallest absolute Gasteiger partial charge is 0.471 e. The molecule has 150 valence electrons. The lowest BCUT2D eigenvalue weighted by atomic mass is 9.75. The zero-order chi connectivity index (χ0) is 21.4. The van der Waals surface area contributed by atoms with E-state index in [1.165, 1.54) is 38.1 Å². The Morgan fingerprint density at radius 3 is 2.25 bits per heavy atom. The highest BCUT2D eigenvalue weighted by atomic mass is 19.4. The van der Waals surface area contributed by atoms with Crippen LogP contribution in [0.3, 0.4) is 0 Å². The van der Waals surface area contributed by atoms with Crippen molar-refractivity contribution >= 4 is 29.2 Å². The molecule has 0 spiro atoms. The van der Waals surface area contributed by atoms with Gasteiger partial charge in [0.1, 0.15) is 5.92 Å². The summed E-state index contributed by atoms with van der Waals surface area (Å²) in [4.78, 5) is 39.4. The summed E-state index contributed by atoms with van der Waals surface area (Å²) in [6.45, 7) is 2.86. The Bertz CT molecular complexity index is 905. The maximum absolute atomic E-state index is 12.7. The monoisotopic (exact) mass is 398 g/mol. The summed E-state index contributed by atoms with van der Waals surface area (Å²) in [6.07, 6.45) is -5.09. The average Bonchev–Trinajstić information content (AvgIpc) is 2.58. The van der Waals surface area contributed by atoms with Crippen LogP contribution < -0.4 is 4.90 Å². The third kappa shape index (κ3) is 3.90. The quantitative estimate of drug-likeness (QED) is 0.811. The second kappa shape index (κ2) is 7.45. The van der Waals surface area contributed by atoms with Crippen molar-refractivity contribution in [1.82, 2.24) is 0 Å². The molecule has 1 aromatic carbocycles. The summed E-state index contributed by atoms with van der Waals surface area (Å²) in [7, 11) is 0.927. The molecule has 1 amide bonds. The van der Waals surface area contributed by atoms with Crippen LogP contribution in [-0.2, 0) is 14.4 Å². The van der Waals surface area contributed by atoms with Crippen molar-refractivity contribution in [1.29, 1.82) is 0 Å². The van der Waals surface area contributed by atoms with E-state index in [1.54, 1.807) is 0 Å². The number of carboxylic acids is 2. The van der Waals surface area contributed by atoms with Crippen LogP contribution in [0.5, 0.6) is 0 Å². The lowest BCUT2D eigenvalue weighted by Gasteiger charge is -2.30. The zero-order valence-electron chi connectivity index (χ0n) is 15.1. The van der Waals surface area contributed by atoms with E-state index in [4.69, 9.17) is 0 Å². The molecule has 28 heavy (non-hydrogen) atoms. The van der Waals surface area contributed by atoms with E-state index in [2.05, 4.69) is 4.99 Å². The van der Waals surface area contributed by atoms with Gasteiger partial charge in [-0.1, -0.05) is 12.1 Å². The second-order valence-electron chi connectivity index (χ2n) is 6.31. The minimum atomic E-state index is -5.09. The fraction of sp³-hybridized carbons (Fsp3) is 0.333. The Kier molecular flexibility index (Phi) is 5.62. The Hall–Kier alpha value is -3.17. The molecule has 1 aliphatic heterocycles. The summed E-state index contributed by atoms with van der Waals surface area (Å²) < 4.78 is 38.1. The summed E-state index contributed by atoms with van der Waals surface area (Å²) in [5.41, 5.74) is 0.0203. The Labute approximate surface area is 157 Å². The van der Waals surface area contributed by atoms with Crippen LogP contribution in [0.4, 0.5) is 18.9 Å². The molecule has 0 aliphatic carbocycles. The molecule has 2 N–H and O–H groups in total. The van der Waals surface area contributed by atoms with Crippen LogP contribution in [0.15, 0.2) is 40.5 Å². The third-order valence-electron chi connectivity index (χ3n) is 4.49. The first-order chi connectivity index (χ1) is 12.9. The van der Waals surface area contributed by atoms with Gasteiger partial charge < -0.3 is 15.1 Å². The molecule has 0 aromatic heterocycles. The van der Waals surface area contributed by atoms with E-state index in [9.17, 15) is 37.8 Å². The molecule has 2 atom stereocenters. The highest BCUT2D eigenvalue weighted by Crippen LogP contribution is 2.40. The van der Waals surface area contributed by atoms with Crippen molar-refractivity contribution in [2.24, 2.45) is 10.9 Å². The van der Waals surface area contributed by atoms with Crippen molar-refractivity contribution in [3.63, 3.8) is 0 Å². The minimum Gasteiger partial charge on any atom is -0.481 e. The van der Waals surface area contributed by atoms with Gasteiger partial charge >= 0.3 is 24.0 Å². The van der Waals surface area contributed by atoms with Crippen LogP contribution in [0.2, 0.25) is 0 Å². The Morgan fingerprint density at radius 2 is 1.75 bits per heavy atom. The van der Waals surface area contributed by atoms with E-state index >= 15 is 0 Å². The predicted molar refractivity (Wildman–Crippen MR) is 93.2 cm³/mol. The van der Waals surface area contributed by atoms with Gasteiger partial charge in [0, 0.05) is 30.1 Å². The Morgan fingerprint density at radius 1 is 1.14 bits per heavy atom. The molecule has 1 heterocycles. The number of hydrogen-bond acceptors (Lipinski definition) is 4. The highest BCUT2D eigenvalue weighted by Gasteiger charge is 2.43. The topological polar surface area (TPSA) is 107 Å². The fourth-order valence-corrected chi connectivity index (χ4v) is 3.23. The van der Waals surface area contributed by atoms with Gasteiger partial charge in [-0.2, -0.15) is 13.2 Å². The average molecular weight is 398 g/mol. The number of rotatable bonds is 4. The van der Waals surface area contributed by atoms with Crippen LogP contribution in [0, 0.1) is 5.92 Å². The molecular formula is C18H17F3N2O5. The SMILES string of the molecule is CC1=NC(C)=C(C(=O)O)C(c2cccc(N(C)C(=O)C(F)(F)F)c2)C1C(=O)O. The van der Waals surface area contributed by atoms with Crippen molar-refractivity contribution in [3.05, 3.63) is 41.1 Å². The third-order valence-corrected chi connectivity index (χ3v) is 4.49. The van der Waals surface area contributed by atoms with Gasteiger partial charge in [-0.3, -0.25) is 14.6 Å². The Balaban J connectivity index is 2.61. The van der Waals surface area contributed by atoms with Gasteiger partial charge in [0.25, 0.3) is 0 Å². The van der Waals surface area contributed by atoms with Gasteiger partial charge in [0.2, 0.25) is 0 Å².